The number of nitro groups is 1. The van der Waals surface area contributed by atoms with Crippen molar-refractivity contribution in [3.05, 3.63) is 122 Å². The van der Waals surface area contributed by atoms with E-state index in [4.69, 9.17) is 16.3 Å². The number of esters is 1. The fourth-order valence-corrected chi connectivity index (χ4v) is 6.54. The quantitative estimate of drug-likeness (QED) is 0.141. The van der Waals surface area contributed by atoms with E-state index in [1.54, 1.807) is 45.0 Å². The van der Waals surface area contributed by atoms with Crippen molar-refractivity contribution in [3.63, 3.8) is 0 Å². The summed E-state index contributed by atoms with van der Waals surface area (Å²) in [6.45, 7) is 5.19. The van der Waals surface area contributed by atoms with E-state index in [9.17, 15) is 24.5 Å². The van der Waals surface area contributed by atoms with Crippen LogP contribution in [0.25, 0.3) is 6.08 Å². The molecule has 1 atom stereocenters. The van der Waals surface area contributed by atoms with Crippen LogP contribution in [0.15, 0.2) is 84.4 Å². The smallest absolute Gasteiger partial charge is 0.338 e. The van der Waals surface area contributed by atoms with Crippen LogP contribution in [0.1, 0.15) is 36.7 Å². The van der Waals surface area contributed by atoms with Crippen molar-refractivity contribution in [3.8, 4) is 0 Å². The van der Waals surface area contributed by atoms with Crippen LogP contribution in [0.5, 0.6) is 0 Å². The van der Waals surface area contributed by atoms with Gasteiger partial charge in [-0.3, -0.25) is 24.3 Å². The second-order valence-electron chi connectivity index (χ2n) is 9.13. The number of carbonyl (C=O) groups excluding carboxylic acids is 1. The number of aromatic amines is 1. The number of nitro benzene ring substituents is 1. The van der Waals surface area contributed by atoms with E-state index < -0.39 is 22.5 Å². The summed E-state index contributed by atoms with van der Waals surface area (Å²) in [6, 6.07) is 11.5. The average molecular weight is 624 g/mol. The summed E-state index contributed by atoms with van der Waals surface area (Å²) in [7, 11) is 0. The van der Waals surface area contributed by atoms with Gasteiger partial charge in [0, 0.05) is 33.8 Å². The number of hydrogen-bond donors (Lipinski definition) is 1. The van der Waals surface area contributed by atoms with Crippen molar-refractivity contribution >= 4 is 52.4 Å². The molecule has 0 amide bonds. The Bertz CT molecular complexity index is 2010. The molecule has 0 aliphatic carbocycles. The number of aryl methyl sites for hydroxylation is 1. The highest BCUT2D eigenvalue weighted by Gasteiger charge is 2.33. The van der Waals surface area contributed by atoms with Crippen LogP contribution in [0.4, 0.5) is 5.69 Å². The standard InChI is InChI=1S/C28H22ClN5O6S2/c1-4-40-26(37)23-15(3)31-28-33(24(23)16-5-7-18(29)8-6-16)25(36)21(42-28)13-17-12-19(34(38)39)9-10-20(17)41-27-30-14(2)11-22(35)32-27/h5-13,24H,4H2,1-3H3,(H,30,32,35)/b21-13+/t24-/m0/s1. The van der Waals surface area contributed by atoms with Gasteiger partial charge >= 0.3 is 5.97 Å². The van der Waals surface area contributed by atoms with Crippen molar-refractivity contribution < 1.29 is 14.5 Å². The van der Waals surface area contributed by atoms with Gasteiger partial charge < -0.3 is 9.72 Å². The van der Waals surface area contributed by atoms with Gasteiger partial charge in [-0.05, 0) is 56.2 Å². The molecule has 11 nitrogen and oxygen atoms in total. The zero-order chi connectivity index (χ0) is 30.1. The fourth-order valence-electron chi connectivity index (χ4n) is 4.45. The minimum Gasteiger partial charge on any atom is -0.463 e. The molecule has 14 heteroatoms. The number of halogens is 1. The van der Waals surface area contributed by atoms with Gasteiger partial charge in [0.1, 0.15) is 0 Å². The predicted molar refractivity (Wildman–Crippen MR) is 159 cm³/mol. The lowest BCUT2D eigenvalue weighted by molar-refractivity contribution is -0.384. The first kappa shape index (κ1) is 29.2. The van der Waals surface area contributed by atoms with Crippen LogP contribution in [-0.2, 0) is 9.53 Å². The Kier molecular flexibility index (Phi) is 8.25. The van der Waals surface area contributed by atoms with Gasteiger partial charge in [-0.2, -0.15) is 0 Å². The highest BCUT2D eigenvalue weighted by Crippen LogP contribution is 2.33. The largest absolute Gasteiger partial charge is 0.463 e. The Morgan fingerprint density at radius 1 is 1.21 bits per heavy atom. The summed E-state index contributed by atoms with van der Waals surface area (Å²) in [5.74, 6) is -0.593. The summed E-state index contributed by atoms with van der Waals surface area (Å²) in [5, 5.41) is 12.4. The number of allylic oxidation sites excluding steroid dienone is 1. The van der Waals surface area contributed by atoms with E-state index in [1.165, 1.54) is 34.9 Å². The van der Waals surface area contributed by atoms with E-state index in [1.807, 2.05) is 0 Å². The first-order chi connectivity index (χ1) is 20.0. The Morgan fingerprint density at radius 3 is 2.62 bits per heavy atom. The van der Waals surface area contributed by atoms with Crippen molar-refractivity contribution in [1.29, 1.82) is 0 Å². The molecule has 42 heavy (non-hydrogen) atoms. The van der Waals surface area contributed by atoms with E-state index in [2.05, 4.69) is 15.0 Å². The molecule has 4 aromatic rings. The van der Waals surface area contributed by atoms with Crippen LogP contribution in [0.2, 0.25) is 5.02 Å². The van der Waals surface area contributed by atoms with Crippen molar-refractivity contribution in [2.45, 2.75) is 36.9 Å². The number of non-ortho nitro benzene ring substituents is 1. The lowest BCUT2D eigenvalue weighted by atomic mass is 9.96. The Hall–Kier alpha value is -4.33. The number of benzene rings is 2. The molecule has 214 valence electrons. The molecule has 0 unspecified atom stereocenters. The summed E-state index contributed by atoms with van der Waals surface area (Å²) >= 11 is 8.30. The Morgan fingerprint density at radius 2 is 1.95 bits per heavy atom. The summed E-state index contributed by atoms with van der Waals surface area (Å²) < 4.78 is 6.96. The molecular formula is C28H22ClN5O6S2. The van der Waals surface area contributed by atoms with Crippen LogP contribution >= 0.6 is 34.7 Å². The van der Waals surface area contributed by atoms with E-state index in [0.717, 1.165) is 23.1 Å². The molecule has 5 rings (SSSR count). The van der Waals surface area contributed by atoms with Crippen LogP contribution in [0.3, 0.4) is 0 Å². The van der Waals surface area contributed by atoms with Gasteiger partial charge in [0.15, 0.2) is 9.96 Å². The third kappa shape index (κ3) is 5.84. The summed E-state index contributed by atoms with van der Waals surface area (Å²) in [6.07, 6.45) is 1.54. The maximum Gasteiger partial charge on any atom is 0.338 e. The number of hydrogen-bond acceptors (Lipinski definition) is 10. The molecule has 0 fully saturated rings. The second-order valence-corrected chi connectivity index (χ2v) is 11.6. The molecule has 0 saturated heterocycles. The number of ether oxygens (including phenoxy) is 1. The normalized spacial score (nSPS) is 14.9. The van der Waals surface area contributed by atoms with Crippen LogP contribution < -0.4 is 20.5 Å². The third-order valence-electron chi connectivity index (χ3n) is 6.25. The molecule has 3 heterocycles. The van der Waals surface area contributed by atoms with Crippen LogP contribution in [-0.4, -0.2) is 32.0 Å². The first-order valence-electron chi connectivity index (χ1n) is 12.5. The van der Waals surface area contributed by atoms with Gasteiger partial charge in [0.05, 0.1) is 33.4 Å². The summed E-state index contributed by atoms with van der Waals surface area (Å²) in [5.41, 5.74) is 1.17. The number of rotatable bonds is 7. The molecule has 1 aliphatic heterocycles. The predicted octanol–water partition coefficient (Wildman–Crippen LogP) is 3.90. The molecule has 2 aromatic heterocycles. The van der Waals surface area contributed by atoms with E-state index in [0.29, 0.717) is 42.4 Å². The topological polar surface area (TPSA) is 150 Å². The highest BCUT2D eigenvalue weighted by atomic mass is 35.5. The molecule has 0 saturated carbocycles. The van der Waals surface area contributed by atoms with Gasteiger partial charge in [0.25, 0.3) is 16.8 Å². The molecule has 0 radical (unpaired) electrons. The first-order valence-corrected chi connectivity index (χ1v) is 14.6. The fraction of sp³-hybridized carbons (Fsp3) is 0.179. The third-order valence-corrected chi connectivity index (χ3v) is 8.46. The van der Waals surface area contributed by atoms with Gasteiger partial charge in [-0.25, -0.2) is 14.8 Å². The van der Waals surface area contributed by atoms with Gasteiger partial charge in [-0.15, -0.1) is 0 Å². The lowest BCUT2D eigenvalue weighted by Crippen LogP contribution is -2.39. The van der Waals surface area contributed by atoms with E-state index in [-0.39, 0.29) is 28.0 Å². The molecule has 1 N–H and O–H groups in total. The second kappa shape index (κ2) is 11.9. The number of H-pyrrole nitrogens is 1. The van der Waals surface area contributed by atoms with Crippen molar-refractivity contribution in [2.75, 3.05) is 6.61 Å². The Balaban J connectivity index is 1.71. The average Bonchev–Trinajstić information content (AvgIpc) is 3.22. The summed E-state index contributed by atoms with van der Waals surface area (Å²) in [4.78, 5) is 62.5. The molecule has 0 spiro atoms. The van der Waals surface area contributed by atoms with Gasteiger partial charge in [-0.1, -0.05) is 46.8 Å². The number of carbonyl (C=O) groups is 1. The molecule has 0 bridgehead atoms. The highest BCUT2D eigenvalue weighted by molar-refractivity contribution is 7.99. The number of aromatic nitrogens is 3. The number of nitrogens with one attached hydrogen (secondary N) is 1. The number of nitrogens with zero attached hydrogens (tertiary/aromatic N) is 4. The SMILES string of the molecule is CCOC(=O)C1=C(C)N=c2s/c(=C/c3cc([N+](=O)[O-])ccc3Sc3nc(C)cc(=O)[nH]3)c(=O)n2[C@H]1c1ccc(Cl)cc1. The van der Waals surface area contributed by atoms with Crippen LogP contribution in [0, 0.1) is 17.0 Å². The lowest BCUT2D eigenvalue weighted by Gasteiger charge is -2.24. The van der Waals surface area contributed by atoms with Crippen molar-refractivity contribution in [2.24, 2.45) is 4.99 Å². The van der Waals surface area contributed by atoms with Crippen molar-refractivity contribution in [1.82, 2.24) is 14.5 Å². The van der Waals surface area contributed by atoms with E-state index >= 15 is 0 Å². The Labute approximate surface area is 251 Å². The molecule has 1 aliphatic rings. The number of fused-ring (bicyclic) bond motifs is 1. The maximum atomic E-state index is 14.0. The number of thiazole rings is 1. The zero-order valence-electron chi connectivity index (χ0n) is 22.4. The molecular weight excluding hydrogens is 602 g/mol. The maximum absolute atomic E-state index is 14.0. The monoisotopic (exact) mass is 623 g/mol. The minimum atomic E-state index is -0.833. The zero-order valence-corrected chi connectivity index (χ0v) is 24.8. The van der Waals surface area contributed by atoms with Gasteiger partial charge in [0.2, 0.25) is 0 Å². The molecule has 2 aromatic carbocycles. The minimum absolute atomic E-state index is 0.141.